The molecule has 32 heavy (non-hydrogen) atoms. The van der Waals surface area contributed by atoms with Crippen LogP contribution in [-0.4, -0.2) is 42.9 Å². The van der Waals surface area contributed by atoms with E-state index in [0.29, 0.717) is 0 Å². The molecule has 1 aliphatic carbocycles. The number of para-hydroxylation sites is 1. The molecule has 2 amide bonds. The van der Waals surface area contributed by atoms with E-state index in [1.807, 2.05) is 36.1 Å². The van der Waals surface area contributed by atoms with Gasteiger partial charge in [0.25, 0.3) is 0 Å². The number of nitrogens with zero attached hydrogens (tertiary/aromatic N) is 2. The van der Waals surface area contributed by atoms with Gasteiger partial charge in [-0.15, -0.1) is 0 Å². The molecule has 2 aromatic carbocycles. The number of carbonyl (C=O) groups excluding carboxylic acids is 2. The number of carbonyl (C=O) groups is 2. The van der Waals surface area contributed by atoms with Crippen molar-refractivity contribution in [1.82, 2.24) is 10.2 Å². The van der Waals surface area contributed by atoms with Gasteiger partial charge in [-0.2, -0.15) is 0 Å². The fraction of sp³-hybridized carbons (Fsp3) is 0.481. The molecule has 5 nitrogen and oxygen atoms in total. The van der Waals surface area contributed by atoms with Crippen LogP contribution in [0.25, 0.3) is 0 Å². The second-order valence-corrected chi connectivity index (χ2v) is 10.0. The van der Waals surface area contributed by atoms with Crippen LogP contribution < -0.4 is 10.2 Å². The van der Waals surface area contributed by atoms with E-state index in [0.717, 1.165) is 50.0 Å². The van der Waals surface area contributed by atoms with E-state index in [4.69, 9.17) is 0 Å². The first kappa shape index (κ1) is 21.2. The molecule has 2 aromatic rings. The highest BCUT2D eigenvalue weighted by Crippen LogP contribution is 2.47. The molecule has 2 heterocycles. The largest absolute Gasteiger partial charge is 0.359 e. The van der Waals surface area contributed by atoms with Gasteiger partial charge in [0.05, 0.1) is 5.41 Å². The molecule has 168 valence electrons. The van der Waals surface area contributed by atoms with Crippen LogP contribution in [0.1, 0.15) is 56.2 Å². The maximum absolute atomic E-state index is 13.7. The average Bonchev–Trinajstić information content (AvgIpc) is 3.27. The Labute approximate surface area is 190 Å². The molecule has 2 aliphatic heterocycles. The third-order valence-electron chi connectivity index (χ3n) is 8.25. The van der Waals surface area contributed by atoms with Crippen molar-refractivity contribution in [3.05, 3.63) is 65.2 Å². The first-order valence-corrected chi connectivity index (χ1v) is 11.9. The standard InChI is InChI=1S/C27H33N3O2/c1-26(18-24(31)28-3)22-10-6-7-11-23(22)30(25(26)32)20-13-16-29(17-14-20)27(2)15-12-19-8-4-5-9-21(19)27/h4-11,20H,12-18H2,1-3H3,(H,28,31). The van der Waals surface area contributed by atoms with Crippen LogP contribution in [0.2, 0.25) is 0 Å². The van der Waals surface area contributed by atoms with E-state index in [1.54, 1.807) is 7.05 Å². The molecule has 5 rings (SSSR count). The molecule has 2 unspecified atom stereocenters. The third-order valence-corrected chi connectivity index (χ3v) is 8.25. The zero-order valence-electron chi connectivity index (χ0n) is 19.4. The fourth-order valence-corrected chi connectivity index (χ4v) is 6.31. The van der Waals surface area contributed by atoms with Gasteiger partial charge in [0.15, 0.2) is 0 Å². The highest BCUT2D eigenvalue weighted by atomic mass is 16.2. The van der Waals surface area contributed by atoms with Crippen molar-refractivity contribution in [2.75, 3.05) is 25.0 Å². The Morgan fingerprint density at radius 2 is 1.69 bits per heavy atom. The van der Waals surface area contributed by atoms with E-state index in [2.05, 4.69) is 41.4 Å². The second-order valence-electron chi connectivity index (χ2n) is 10.0. The normalized spacial score (nSPS) is 28.0. The van der Waals surface area contributed by atoms with Crippen molar-refractivity contribution in [1.29, 1.82) is 0 Å². The molecular weight excluding hydrogens is 398 g/mol. The number of fused-ring (bicyclic) bond motifs is 2. The van der Waals surface area contributed by atoms with E-state index in [9.17, 15) is 9.59 Å². The summed E-state index contributed by atoms with van der Waals surface area (Å²) >= 11 is 0. The zero-order valence-corrected chi connectivity index (χ0v) is 19.4. The lowest BCUT2D eigenvalue weighted by molar-refractivity contribution is -0.129. The van der Waals surface area contributed by atoms with Gasteiger partial charge in [-0.05, 0) is 62.3 Å². The Balaban J connectivity index is 1.37. The Hall–Kier alpha value is -2.66. The number of hydrogen-bond acceptors (Lipinski definition) is 3. The lowest BCUT2D eigenvalue weighted by atomic mass is 9.80. The fourth-order valence-electron chi connectivity index (χ4n) is 6.31. The first-order valence-electron chi connectivity index (χ1n) is 11.9. The van der Waals surface area contributed by atoms with Gasteiger partial charge in [-0.25, -0.2) is 0 Å². The van der Waals surface area contributed by atoms with Crippen molar-refractivity contribution in [3.8, 4) is 0 Å². The molecule has 1 saturated heterocycles. The zero-order chi connectivity index (χ0) is 22.5. The molecule has 0 saturated carbocycles. The summed E-state index contributed by atoms with van der Waals surface area (Å²) in [5.41, 5.74) is 4.20. The Kier molecular flexibility index (Phi) is 5.12. The maximum Gasteiger partial charge on any atom is 0.238 e. The van der Waals surface area contributed by atoms with Crippen molar-refractivity contribution >= 4 is 17.5 Å². The number of nitrogens with one attached hydrogen (secondary N) is 1. The Morgan fingerprint density at radius 1 is 1.03 bits per heavy atom. The Morgan fingerprint density at radius 3 is 2.41 bits per heavy atom. The van der Waals surface area contributed by atoms with Gasteiger partial charge in [-0.1, -0.05) is 42.5 Å². The number of aryl methyl sites for hydroxylation is 1. The molecule has 0 aromatic heterocycles. The summed E-state index contributed by atoms with van der Waals surface area (Å²) in [7, 11) is 1.63. The molecule has 2 atom stereocenters. The van der Waals surface area contributed by atoms with Crippen molar-refractivity contribution < 1.29 is 9.59 Å². The maximum atomic E-state index is 13.7. The van der Waals surface area contributed by atoms with Gasteiger partial charge >= 0.3 is 0 Å². The summed E-state index contributed by atoms with van der Waals surface area (Å²) in [5, 5.41) is 2.70. The van der Waals surface area contributed by atoms with Crippen LogP contribution in [-0.2, 0) is 27.0 Å². The Bertz CT molecular complexity index is 1060. The molecule has 1 fully saturated rings. The monoisotopic (exact) mass is 431 g/mol. The van der Waals surface area contributed by atoms with Crippen molar-refractivity contribution in [3.63, 3.8) is 0 Å². The smallest absolute Gasteiger partial charge is 0.238 e. The summed E-state index contributed by atoms with van der Waals surface area (Å²) in [6.45, 7) is 6.27. The topological polar surface area (TPSA) is 52.7 Å². The number of hydrogen-bond donors (Lipinski definition) is 1. The van der Waals surface area contributed by atoms with Crippen LogP contribution in [0, 0.1) is 0 Å². The van der Waals surface area contributed by atoms with Gasteiger partial charge in [0, 0.05) is 43.8 Å². The molecule has 3 aliphatic rings. The minimum absolute atomic E-state index is 0.0678. The second kappa shape index (κ2) is 7.73. The quantitative estimate of drug-likeness (QED) is 0.802. The molecule has 5 heteroatoms. The van der Waals surface area contributed by atoms with Crippen molar-refractivity contribution in [2.24, 2.45) is 0 Å². The lowest BCUT2D eigenvalue weighted by Gasteiger charge is -2.45. The minimum atomic E-state index is -0.801. The number of benzene rings is 2. The summed E-state index contributed by atoms with van der Waals surface area (Å²) in [6.07, 6.45) is 4.39. The molecule has 0 bridgehead atoms. The van der Waals surface area contributed by atoms with Crippen LogP contribution in [0.15, 0.2) is 48.5 Å². The van der Waals surface area contributed by atoms with Crippen LogP contribution in [0.3, 0.4) is 0 Å². The highest BCUT2D eigenvalue weighted by molar-refractivity contribution is 6.10. The van der Waals surface area contributed by atoms with Crippen molar-refractivity contribution in [2.45, 2.75) is 62.9 Å². The van der Waals surface area contributed by atoms with E-state index in [-0.39, 0.29) is 29.8 Å². The third kappa shape index (κ3) is 3.09. The number of likely N-dealkylation sites (tertiary alicyclic amines) is 1. The van der Waals surface area contributed by atoms with Gasteiger partial charge in [0.1, 0.15) is 0 Å². The number of anilines is 1. The van der Waals surface area contributed by atoms with Crippen LogP contribution in [0.5, 0.6) is 0 Å². The number of amides is 2. The van der Waals surface area contributed by atoms with Gasteiger partial charge in [-0.3, -0.25) is 14.5 Å². The van der Waals surface area contributed by atoms with E-state index in [1.165, 1.54) is 11.1 Å². The lowest BCUT2D eigenvalue weighted by Crippen LogP contribution is -2.53. The summed E-state index contributed by atoms with van der Waals surface area (Å²) in [4.78, 5) is 30.6. The summed E-state index contributed by atoms with van der Waals surface area (Å²) in [5.74, 6) is -0.0293. The van der Waals surface area contributed by atoms with Gasteiger partial charge in [0.2, 0.25) is 11.8 Å². The SMILES string of the molecule is CNC(=O)CC1(C)C(=O)N(C2CCN(C3(C)CCc4ccccc43)CC2)c2ccccc21. The van der Waals surface area contributed by atoms with Gasteiger partial charge < -0.3 is 10.2 Å². The predicted octanol–water partition coefficient (Wildman–Crippen LogP) is 3.75. The van der Waals surface area contributed by atoms with E-state index >= 15 is 0 Å². The molecular formula is C27H33N3O2. The molecule has 1 N–H and O–H groups in total. The summed E-state index contributed by atoms with van der Waals surface area (Å²) in [6, 6.07) is 17.1. The average molecular weight is 432 g/mol. The molecule has 0 radical (unpaired) electrons. The number of piperidine rings is 1. The minimum Gasteiger partial charge on any atom is -0.359 e. The van der Waals surface area contributed by atoms with E-state index < -0.39 is 5.41 Å². The number of rotatable bonds is 4. The van der Waals surface area contributed by atoms with Crippen LogP contribution >= 0.6 is 0 Å². The summed E-state index contributed by atoms with van der Waals surface area (Å²) < 4.78 is 0. The predicted molar refractivity (Wildman–Crippen MR) is 127 cm³/mol. The molecule has 0 spiro atoms. The highest BCUT2D eigenvalue weighted by Gasteiger charge is 2.51. The van der Waals surface area contributed by atoms with Crippen LogP contribution in [0.4, 0.5) is 5.69 Å². The first-order chi connectivity index (χ1) is 15.4.